The summed E-state index contributed by atoms with van der Waals surface area (Å²) < 4.78 is 0. The Bertz CT molecular complexity index is 821. The first kappa shape index (κ1) is 18.2. The molecule has 0 aliphatic carbocycles. The third-order valence-corrected chi connectivity index (χ3v) is 5.03. The minimum absolute atomic E-state index is 0.245. The van der Waals surface area contributed by atoms with Gasteiger partial charge in [0, 0.05) is 30.6 Å². The van der Waals surface area contributed by atoms with Crippen LogP contribution in [0.4, 0.5) is 5.69 Å². The molecule has 0 fully saturated rings. The summed E-state index contributed by atoms with van der Waals surface area (Å²) in [7, 11) is 2.01. The van der Waals surface area contributed by atoms with Crippen LogP contribution in [0, 0.1) is 0 Å². The van der Waals surface area contributed by atoms with Crippen LogP contribution in [0.2, 0.25) is 0 Å². The van der Waals surface area contributed by atoms with Crippen molar-refractivity contribution >= 4 is 29.3 Å². The third-order valence-electron chi connectivity index (χ3n) is 3.93. The van der Waals surface area contributed by atoms with E-state index in [1.807, 2.05) is 49.5 Å². The summed E-state index contributed by atoms with van der Waals surface area (Å²) in [5.41, 5.74) is 2.01. The molecule has 2 aromatic rings. The Morgan fingerprint density at radius 2 is 1.88 bits per heavy atom. The second-order valence-electron chi connectivity index (χ2n) is 6.08. The number of likely N-dealkylation sites (N-methyl/N-ethyl adjacent to an activating group) is 1. The molecule has 2 amide bonds. The third kappa shape index (κ3) is 4.97. The minimum atomic E-state index is -0.254. The molecule has 0 saturated carbocycles. The van der Waals surface area contributed by atoms with Crippen LogP contribution in [0.15, 0.2) is 70.5 Å². The van der Waals surface area contributed by atoms with Crippen molar-refractivity contribution in [3.63, 3.8) is 0 Å². The quantitative estimate of drug-likeness (QED) is 0.771. The number of benzene rings is 2. The van der Waals surface area contributed by atoms with Crippen molar-refractivity contribution in [2.45, 2.75) is 11.4 Å². The molecular formula is C20H21N3O2S. The van der Waals surface area contributed by atoms with E-state index in [0.717, 1.165) is 23.7 Å². The Labute approximate surface area is 157 Å². The van der Waals surface area contributed by atoms with Crippen LogP contribution < -0.4 is 10.6 Å². The first-order valence-electron chi connectivity index (χ1n) is 8.42. The Morgan fingerprint density at radius 1 is 1.15 bits per heavy atom. The number of para-hydroxylation sites is 1. The second kappa shape index (κ2) is 8.69. The maximum atomic E-state index is 12.1. The summed E-state index contributed by atoms with van der Waals surface area (Å²) >= 11 is 1.31. The number of nitrogens with zero attached hydrogens (tertiary/aromatic N) is 1. The zero-order chi connectivity index (χ0) is 18.4. The van der Waals surface area contributed by atoms with E-state index in [4.69, 9.17) is 0 Å². The number of thioether (sulfide) groups is 1. The number of anilines is 1. The monoisotopic (exact) mass is 367 g/mol. The molecule has 1 aliphatic rings. The second-order valence-corrected chi connectivity index (χ2v) is 7.16. The molecule has 6 heteroatoms. The number of hydrogen-bond acceptors (Lipinski definition) is 4. The highest BCUT2D eigenvalue weighted by Gasteiger charge is 2.21. The smallest absolute Gasteiger partial charge is 0.262 e. The van der Waals surface area contributed by atoms with Crippen LogP contribution in [0.3, 0.4) is 0 Å². The summed E-state index contributed by atoms with van der Waals surface area (Å²) in [4.78, 5) is 27.7. The van der Waals surface area contributed by atoms with Gasteiger partial charge in [-0.3, -0.25) is 9.59 Å². The van der Waals surface area contributed by atoms with Crippen LogP contribution in [-0.4, -0.2) is 36.9 Å². The van der Waals surface area contributed by atoms with Crippen molar-refractivity contribution in [1.29, 1.82) is 0 Å². The lowest BCUT2D eigenvalue weighted by molar-refractivity contribution is -0.117. The lowest BCUT2D eigenvalue weighted by Gasteiger charge is -2.18. The molecule has 2 N–H and O–H groups in total. The number of carbonyl (C=O) groups excluding carboxylic acids is 2. The summed E-state index contributed by atoms with van der Waals surface area (Å²) in [6.07, 6.45) is 1.37. The first-order valence-corrected chi connectivity index (χ1v) is 9.24. The summed E-state index contributed by atoms with van der Waals surface area (Å²) in [6, 6.07) is 17.7. The predicted molar refractivity (Wildman–Crippen MR) is 105 cm³/mol. The van der Waals surface area contributed by atoms with Gasteiger partial charge in [0.05, 0.1) is 10.6 Å². The Morgan fingerprint density at radius 3 is 2.69 bits per heavy atom. The highest BCUT2D eigenvalue weighted by atomic mass is 32.2. The van der Waals surface area contributed by atoms with E-state index in [9.17, 15) is 9.59 Å². The topological polar surface area (TPSA) is 61.4 Å². The summed E-state index contributed by atoms with van der Waals surface area (Å²) in [5, 5.41) is 5.64. The van der Waals surface area contributed by atoms with Gasteiger partial charge in [-0.2, -0.15) is 0 Å². The molecule has 0 unspecified atom stereocenters. The van der Waals surface area contributed by atoms with E-state index in [0.29, 0.717) is 11.4 Å². The van der Waals surface area contributed by atoms with Gasteiger partial charge in [-0.05, 0) is 24.7 Å². The Balaban J connectivity index is 1.48. The van der Waals surface area contributed by atoms with Crippen LogP contribution in [0.25, 0.3) is 0 Å². The van der Waals surface area contributed by atoms with E-state index in [1.54, 1.807) is 0 Å². The molecule has 0 saturated heterocycles. The molecule has 1 aliphatic heterocycles. The predicted octanol–water partition coefficient (Wildman–Crippen LogP) is 2.86. The molecule has 0 radical (unpaired) electrons. The van der Waals surface area contributed by atoms with Crippen molar-refractivity contribution < 1.29 is 9.59 Å². The highest BCUT2D eigenvalue weighted by molar-refractivity contribution is 8.04. The van der Waals surface area contributed by atoms with Crippen molar-refractivity contribution in [3.8, 4) is 0 Å². The molecule has 3 rings (SSSR count). The fourth-order valence-electron chi connectivity index (χ4n) is 2.62. The van der Waals surface area contributed by atoms with Gasteiger partial charge in [-0.15, -0.1) is 0 Å². The number of fused-ring (bicyclic) bond motifs is 1. The number of nitrogens with one attached hydrogen (secondary N) is 2. The van der Waals surface area contributed by atoms with Gasteiger partial charge in [0.25, 0.3) is 5.91 Å². The molecule has 0 spiro atoms. The molecule has 0 atom stereocenters. The number of hydrogen-bond donors (Lipinski definition) is 2. The Kier molecular flexibility index (Phi) is 6.09. The van der Waals surface area contributed by atoms with Crippen molar-refractivity contribution in [1.82, 2.24) is 10.2 Å². The average molecular weight is 367 g/mol. The molecule has 0 aromatic heterocycles. The number of carbonyl (C=O) groups is 2. The van der Waals surface area contributed by atoms with Crippen LogP contribution in [0.5, 0.6) is 0 Å². The van der Waals surface area contributed by atoms with E-state index in [1.165, 1.54) is 23.4 Å². The minimum Gasteiger partial charge on any atom is -0.351 e. The largest absolute Gasteiger partial charge is 0.351 e. The van der Waals surface area contributed by atoms with E-state index in [-0.39, 0.29) is 11.8 Å². The van der Waals surface area contributed by atoms with E-state index < -0.39 is 0 Å². The van der Waals surface area contributed by atoms with Gasteiger partial charge in [-0.25, -0.2) is 0 Å². The van der Waals surface area contributed by atoms with Gasteiger partial charge in [0.2, 0.25) is 5.91 Å². The lowest BCUT2D eigenvalue weighted by Crippen LogP contribution is -2.32. The van der Waals surface area contributed by atoms with Gasteiger partial charge in [0.1, 0.15) is 0 Å². The van der Waals surface area contributed by atoms with Crippen molar-refractivity contribution in [2.24, 2.45) is 0 Å². The lowest BCUT2D eigenvalue weighted by atomic mass is 10.2. The van der Waals surface area contributed by atoms with Gasteiger partial charge in [0.15, 0.2) is 0 Å². The van der Waals surface area contributed by atoms with Crippen LogP contribution >= 0.6 is 11.8 Å². The molecule has 134 valence electrons. The summed E-state index contributed by atoms with van der Waals surface area (Å²) in [5.74, 6) is -0.500. The first-order chi connectivity index (χ1) is 12.6. The van der Waals surface area contributed by atoms with Crippen LogP contribution in [0.1, 0.15) is 5.56 Å². The molecule has 5 nitrogen and oxygen atoms in total. The fourth-order valence-corrected chi connectivity index (χ4v) is 3.54. The van der Waals surface area contributed by atoms with E-state index in [2.05, 4.69) is 27.7 Å². The zero-order valence-electron chi connectivity index (χ0n) is 14.6. The highest BCUT2D eigenvalue weighted by Crippen LogP contribution is 2.37. The molecule has 0 bridgehead atoms. The van der Waals surface area contributed by atoms with Gasteiger partial charge in [-0.1, -0.05) is 54.2 Å². The zero-order valence-corrected chi connectivity index (χ0v) is 15.4. The van der Waals surface area contributed by atoms with Crippen molar-refractivity contribution in [3.05, 3.63) is 71.1 Å². The molecule has 26 heavy (non-hydrogen) atoms. The summed E-state index contributed by atoms with van der Waals surface area (Å²) in [6.45, 7) is 2.08. The molecular weight excluding hydrogens is 346 g/mol. The van der Waals surface area contributed by atoms with Gasteiger partial charge >= 0.3 is 0 Å². The molecule has 2 aromatic carbocycles. The normalized spacial score (nSPS) is 14.8. The number of amides is 2. The maximum absolute atomic E-state index is 12.1. The van der Waals surface area contributed by atoms with E-state index >= 15 is 0 Å². The maximum Gasteiger partial charge on any atom is 0.262 e. The molecule has 1 heterocycles. The number of rotatable bonds is 6. The Hall–Kier alpha value is -2.57. The SMILES string of the molecule is CN(CCNC(=O)/C=C1\Sc2ccccc2NC1=O)Cc1ccccc1. The average Bonchev–Trinajstić information content (AvgIpc) is 2.63. The fraction of sp³-hybridized carbons (Fsp3) is 0.200. The van der Waals surface area contributed by atoms with Crippen molar-refractivity contribution in [2.75, 3.05) is 25.5 Å². The van der Waals surface area contributed by atoms with Crippen LogP contribution in [-0.2, 0) is 16.1 Å². The standard InChI is InChI=1S/C20H21N3O2S/c1-23(14-15-7-3-2-4-8-15)12-11-21-19(24)13-18-20(25)22-16-9-5-6-10-17(16)26-18/h2-10,13H,11-12,14H2,1H3,(H,21,24)(H,22,25)/b18-13-. The van der Waals surface area contributed by atoms with Gasteiger partial charge < -0.3 is 15.5 Å².